The Balaban J connectivity index is 1.41. The number of phenolic OH excluding ortho intramolecular Hbond substituents is 1. The van der Waals surface area contributed by atoms with Crippen molar-refractivity contribution < 1.29 is 5.11 Å². The molecule has 0 radical (unpaired) electrons. The predicted octanol–water partition coefficient (Wildman–Crippen LogP) is 8.28. The molecule has 1 aliphatic carbocycles. The molecule has 1 N–H and O–H groups in total. The normalized spacial score (nSPS) is 20.1. The van der Waals surface area contributed by atoms with Gasteiger partial charge in [0.1, 0.15) is 5.75 Å². The summed E-state index contributed by atoms with van der Waals surface area (Å²) in [6.07, 6.45) is 8.26. The zero-order valence-electron chi connectivity index (χ0n) is 18.4. The minimum absolute atomic E-state index is 0.310. The molecule has 4 rings (SSSR count). The van der Waals surface area contributed by atoms with Gasteiger partial charge < -0.3 is 5.11 Å². The Kier molecular flexibility index (Phi) is 6.57. The maximum absolute atomic E-state index is 9.51. The van der Waals surface area contributed by atoms with Gasteiger partial charge in [-0.15, -0.1) is 0 Å². The number of benzene rings is 3. The van der Waals surface area contributed by atoms with Crippen molar-refractivity contribution in [2.24, 2.45) is 5.92 Å². The van der Waals surface area contributed by atoms with Crippen molar-refractivity contribution in [1.82, 2.24) is 0 Å². The summed E-state index contributed by atoms with van der Waals surface area (Å²) in [4.78, 5) is 0. The van der Waals surface area contributed by atoms with E-state index in [1.165, 1.54) is 66.3 Å². The van der Waals surface area contributed by atoms with Crippen LogP contribution in [0.5, 0.6) is 5.75 Å². The van der Waals surface area contributed by atoms with E-state index in [2.05, 4.69) is 62.4 Å². The molecule has 30 heavy (non-hydrogen) atoms. The highest BCUT2D eigenvalue weighted by molar-refractivity contribution is 5.64. The van der Waals surface area contributed by atoms with Crippen LogP contribution >= 0.6 is 0 Å². The summed E-state index contributed by atoms with van der Waals surface area (Å²) >= 11 is 0. The number of hydrogen-bond donors (Lipinski definition) is 1. The summed E-state index contributed by atoms with van der Waals surface area (Å²) in [7, 11) is 0. The third-order valence-corrected chi connectivity index (χ3v) is 7.06. The van der Waals surface area contributed by atoms with Gasteiger partial charge >= 0.3 is 0 Å². The largest absolute Gasteiger partial charge is 0.508 e. The Morgan fingerprint density at radius 1 is 0.733 bits per heavy atom. The summed E-state index contributed by atoms with van der Waals surface area (Å²) in [5.74, 6) is 2.34. The number of phenols is 1. The van der Waals surface area contributed by atoms with E-state index in [9.17, 15) is 5.11 Å². The van der Waals surface area contributed by atoms with Crippen LogP contribution < -0.4 is 0 Å². The van der Waals surface area contributed by atoms with Crippen LogP contribution in [0.4, 0.5) is 0 Å². The summed E-state index contributed by atoms with van der Waals surface area (Å²) in [6.45, 7) is 4.52. The average molecular weight is 399 g/mol. The van der Waals surface area contributed by atoms with Gasteiger partial charge in [0, 0.05) is 5.92 Å². The van der Waals surface area contributed by atoms with Gasteiger partial charge in [-0.05, 0) is 77.5 Å². The monoisotopic (exact) mass is 398 g/mol. The molecule has 156 valence electrons. The van der Waals surface area contributed by atoms with Gasteiger partial charge in [0.05, 0.1) is 0 Å². The molecule has 0 bridgehead atoms. The SMILES string of the molecule is CCCC1CCC(c2ccc(-c3ccc(C(C)c4ccc(O)cc4)cc3)cc2)CC1. The van der Waals surface area contributed by atoms with Crippen LogP contribution in [0, 0.1) is 5.92 Å². The van der Waals surface area contributed by atoms with Crippen molar-refractivity contribution in [3.05, 3.63) is 89.5 Å². The Hall–Kier alpha value is -2.54. The van der Waals surface area contributed by atoms with Crippen molar-refractivity contribution in [3.8, 4) is 16.9 Å². The molecule has 0 spiro atoms. The van der Waals surface area contributed by atoms with E-state index in [0.717, 1.165) is 11.8 Å². The van der Waals surface area contributed by atoms with Gasteiger partial charge in [0.2, 0.25) is 0 Å². The molecule has 1 heteroatoms. The van der Waals surface area contributed by atoms with E-state index >= 15 is 0 Å². The van der Waals surface area contributed by atoms with Crippen LogP contribution in [0.25, 0.3) is 11.1 Å². The van der Waals surface area contributed by atoms with E-state index in [4.69, 9.17) is 0 Å². The summed E-state index contributed by atoms with van der Waals surface area (Å²) in [5, 5.41) is 9.51. The number of aromatic hydroxyl groups is 1. The topological polar surface area (TPSA) is 20.2 Å². The van der Waals surface area contributed by atoms with E-state index in [1.54, 1.807) is 12.1 Å². The van der Waals surface area contributed by atoms with Crippen LogP contribution in [-0.2, 0) is 0 Å². The second kappa shape index (κ2) is 9.51. The lowest BCUT2D eigenvalue weighted by Crippen LogP contribution is -2.13. The zero-order chi connectivity index (χ0) is 20.9. The summed E-state index contributed by atoms with van der Waals surface area (Å²) in [6, 6.07) is 25.8. The van der Waals surface area contributed by atoms with E-state index in [1.807, 2.05) is 12.1 Å². The third kappa shape index (κ3) is 4.78. The Bertz CT molecular complexity index is 914. The fourth-order valence-corrected chi connectivity index (χ4v) is 5.06. The third-order valence-electron chi connectivity index (χ3n) is 7.06. The molecule has 1 atom stereocenters. The fraction of sp³-hybridized carbons (Fsp3) is 0.379. The Morgan fingerprint density at radius 3 is 1.77 bits per heavy atom. The Morgan fingerprint density at radius 2 is 1.23 bits per heavy atom. The van der Waals surface area contributed by atoms with Crippen LogP contribution in [0.2, 0.25) is 0 Å². The van der Waals surface area contributed by atoms with Gasteiger partial charge in [-0.3, -0.25) is 0 Å². The van der Waals surface area contributed by atoms with Gasteiger partial charge in [-0.25, -0.2) is 0 Å². The minimum atomic E-state index is 0.310. The molecule has 1 nitrogen and oxygen atoms in total. The van der Waals surface area contributed by atoms with Crippen molar-refractivity contribution in [1.29, 1.82) is 0 Å². The fourth-order valence-electron chi connectivity index (χ4n) is 5.06. The average Bonchev–Trinajstić information content (AvgIpc) is 2.80. The van der Waals surface area contributed by atoms with Crippen LogP contribution in [0.1, 0.15) is 80.9 Å². The van der Waals surface area contributed by atoms with Gasteiger partial charge in [-0.1, -0.05) is 87.4 Å². The highest BCUT2D eigenvalue weighted by Gasteiger charge is 2.21. The first kappa shape index (κ1) is 20.7. The first-order valence-electron chi connectivity index (χ1n) is 11.6. The lowest BCUT2D eigenvalue weighted by molar-refractivity contribution is 0.308. The molecule has 0 aliphatic heterocycles. The molecular formula is C29H34O. The summed E-state index contributed by atoms with van der Waals surface area (Å²) in [5.41, 5.74) is 6.60. The smallest absolute Gasteiger partial charge is 0.115 e. The molecule has 1 aliphatic rings. The van der Waals surface area contributed by atoms with E-state index in [0.29, 0.717) is 11.7 Å². The molecule has 1 saturated carbocycles. The zero-order valence-corrected chi connectivity index (χ0v) is 18.4. The van der Waals surface area contributed by atoms with Gasteiger partial charge in [0.15, 0.2) is 0 Å². The van der Waals surface area contributed by atoms with Crippen molar-refractivity contribution in [3.63, 3.8) is 0 Å². The highest BCUT2D eigenvalue weighted by atomic mass is 16.3. The quantitative estimate of drug-likeness (QED) is 0.443. The lowest BCUT2D eigenvalue weighted by atomic mass is 9.77. The van der Waals surface area contributed by atoms with Gasteiger partial charge in [0.25, 0.3) is 0 Å². The molecular weight excluding hydrogens is 364 g/mol. The van der Waals surface area contributed by atoms with Crippen LogP contribution in [-0.4, -0.2) is 5.11 Å². The molecule has 1 unspecified atom stereocenters. The first-order chi connectivity index (χ1) is 14.6. The van der Waals surface area contributed by atoms with Gasteiger partial charge in [-0.2, -0.15) is 0 Å². The highest BCUT2D eigenvalue weighted by Crippen LogP contribution is 2.38. The maximum Gasteiger partial charge on any atom is 0.115 e. The lowest BCUT2D eigenvalue weighted by Gasteiger charge is -2.28. The first-order valence-corrected chi connectivity index (χ1v) is 11.6. The summed E-state index contributed by atoms with van der Waals surface area (Å²) < 4.78 is 0. The molecule has 0 amide bonds. The molecule has 3 aromatic carbocycles. The number of rotatable bonds is 6. The minimum Gasteiger partial charge on any atom is -0.508 e. The van der Waals surface area contributed by atoms with Crippen molar-refractivity contribution in [2.75, 3.05) is 0 Å². The molecule has 1 fully saturated rings. The maximum atomic E-state index is 9.51. The second-order valence-electron chi connectivity index (χ2n) is 9.06. The standard InChI is InChI=1S/C29H34O/c1-3-4-22-5-7-25(8-6-22)27-13-15-28(16-14-27)26-11-9-23(10-12-26)21(2)24-17-19-29(30)20-18-24/h9-22,25,30H,3-8H2,1-2H3. The molecule has 3 aromatic rings. The predicted molar refractivity (Wildman–Crippen MR) is 127 cm³/mol. The van der Waals surface area contributed by atoms with E-state index in [-0.39, 0.29) is 0 Å². The van der Waals surface area contributed by atoms with Crippen molar-refractivity contribution >= 4 is 0 Å². The number of hydrogen-bond acceptors (Lipinski definition) is 1. The van der Waals surface area contributed by atoms with Crippen molar-refractivity contribution in [2.45, 2.75) is 64.2 Å². The van der Waals surface area contributed by atoms with Crippen LogP contribution in [0.15, 0.2) is 72.8 Å². The molecule has 0 aromatic heterocycles. The molecule has 0 heterocycles. The molecule has 0 saturated heterocycles. The van der Waals surface area contributed by atoms with E-state index < -0.39 is 0 Å². The Labute approximate surface area is 181 Å². The second-order valence-corrected chi connectivity index (χ2v) is 9.06. The van der Waals surface area contributed by atoms with Crippen LogP contribution in [0.3, 0.4) is 0 Å².